The maximum Gasteiger partial charge on any atom is 0.120 e. The molecule has 1 aromatic heterocycles. The molecule has 0 aliphatic carbocycles. The molecular weight excluding hydrogens is 300 g/mol. The Balaban J connectivity index is 1.72. The van der Waals surface area contributed by atoms with Gasteiger partial charge in [0, 0.05) is 18.5 Å². The molecule has 0 atom stereocenters. The highest BCUT2D eigenvalue weighted by atomic mass is 16.5. The van der Waals surface area contributed by atoms with E-state index in [1.165, 1.54) is 0 Å². The molecule has 124 valence electrons. The van der Waals surface area contributed by atoms with Crippen LogP contribution in [-0.4, -0.2) is 42.0 Å². The highest BCUT2D eigenvalue weighted by Crippen LogP contribution is 2.23. The fourth-order valence-corrected chi connectivity index (χ4v) is 2.58. The Labute approximate surface area is 142 Å². The maximum atomic E-state index is 5.92. The summed E-state index contributed by atoms with van der Waals surface area (Å²) in [6, 6.07) is 16.2. The molecule has 24 heavy (non-hydrogen) atoms. The predicted octanol–water partition coefficient (Wildman–Crippen LogP) is 3.27. The van der Waals surface area contributed by atoms with Gasteiger partial charge >= 0.3 is 0 Å². The van der Waals surface area contributed by atoms with E-state index in [9.17, 15) is 0 Å². The molecule has 0 saturated carbocycles. The molecule has 0 aliphatic rings. The van der Waals surface area contributed by atoms with Gasteiger partial charge in [-0.05, 0) is 37.5 Å². The first-order valence-electron chi connectivity index (χ1n) is 8.01. The van der Waals surface area contributed by atoms with Crippen LogP contribution in [0.4, 0.5) is 0 Å². The Morgan fingerprint density at radius 1 is 1.21 bits per heavy atom. The van der Waals surface area contributed by atoms with E-state index in [0.717, 1.165) is 47.5 Å². The Kier molecular flexibility index (Phi) is 5.23. The number of likely N-dealkylation sites (N-methyl/N-ethyl adjacent to an activating group) is 1. The third kappa shape index (κ3) is 4.00. The molecule has 3 aromatic rings. The lowest BCUT2D eigenvalue weighted by molar-refractivity contribution is 0.306. The molecule has 0 bridgehead atoms. The van der Waals surface area contributed by atoms with Crippen LogP contribution in [-0.2, 0) is 13.2 Å². The van der Waals surface area contributed by atoms with Gasteiger partial charge in [0.2, 0.25) is 0 Å². The summed E-state index contributed by atoms with van der Waals surface area (Å²) in [5.41, 5.74) is 3.19. The fourth-order valence-electron chi connectivity index (χ4n) is 2.58. The molecule has 0 unspecified atom stereocenters. The molecule has 2 aromatic carbocycles. The number of hydrogen-bond acceptors (Lipinski definition) is 4. The normalized spacial score (nSPS) is 11.1. The van der Waals surface area contributed by atoms with Crippen LogP contribution in [0.25, 0.3) is 10.9 Å². The number of aromatic amines is 1. The second-order valence-electron chi connectivity index (χ2n) is 5.84. The van der Waals surface area contributed by atoms with Gasteiger partial charge in [-0.1, -0.05) is 30.3 Å². The van der Waals surface area contributed by atoms with E-state index in [4.69, 9.17) is 4.74 Å². The van der Waals surface area contributed by atoms with Crippen LogP contribution >= 0.6 is 0 Å². The van der Waals surface area contributed by atoms with E-state index in [-0.39, 0.29) is 0 Å². The van der Waals surface area contributed by atoms with Crippen molar-refractivity contribution in [2.45, 2.75) is 13.2 Å². The van der Waals surface area contributed by atoms with Gasteiger partial charge in [0.05, 0.1) is 17.8 Å². The third-order valence-corrected chi connectivity index (χ3v) is 3.92. The topological polar surface area (TPSA) is 53.5 Å². The van der Waals surface area contributed by atoms with E-state index in [1.54, 1.807) is 0 Å². The van der Waals surface area contributed by atoms with Crippen molar-refractivity contribution in [2.75, 3.05) is 20.1 Å². The maximum absolute atomic E-state index is 5.92. The molecule has 0 saturated heterocycles. The smallest absolute Gasteiger partial charge is 0.120 e. The van der Waals surface area contributed by atoms with Crippen molar-refractivity contribution in [1.82, 2.24) is 15.1 Å². The van der Waals surface area contributed by atoms with Crippen LogP contribution in [0.15, 0.2) is 53.5 Å². The van der Waals surface area contributed by atoms with Crippen LogP contribution in [0.2, 0.25) is 0 Å². The summed E-state index contributed by atoms with van der Waals surface area (Å²) >= 11 is 0. The van der Waals surface area contributed by atoms with Crippen molar-refractivity contribution < 1.29 is 4.74 Å². The van der Waals surface area contributed by atoms with Gasteiger partial charge in [0.1, 0.15) is 12.4 Å². The van der Waals surface area contributed by atoms with Gasteiger partial charge in [-0.3, -0.25) is 15.0 Å². The van der Waals surface area contributed by atoms with E-state index < -0.39 is 0 Å². The number of benzene rings is 2. The van der Waals surface area contributed by atoms with E-state index >= 15 is 0 Å². The SMILES string of the molecule is C=NCCN(C)Cc1[nH]nc2ccc(OCc3ccccc3)cc12. The Morgan fingerprint density at radius 2 is 2.04 bits per heavy atom. The Hall–Kier alpha value is -2.66. The summed E-state index contributed by atoms with van der Waals surface area (Å²) in [7, 11) is 2.06. The minimum absolute atomic E-state index is 0.560. The quantitative estimate of drug-likeness (QED) is 0.648. The van der Waals surface area contributed by atoms with Gasteiger partial charge in [-0.2, -0.15) is 5.10 Å². The first-order valence-corrected chi connectivity index (χ1v) is 8.01. The molecule has 1 N–H and O–H groups in total. The average molecular weight is 322 g/mol. The number of nitrogens with zero attached hydrogens (tertiary/aromatic N) is 3. The van der Waals surface area contributed by atoms with Crippen LogP contribution in [0.5, 0.6) is 5.75 Å². The van der Waals surface area contributed by atoms with Crippen LogP contribution in [0.3, 0.4) is 0 Å². The third-order valence-electron chi connectivity index (χ3n) is 3.92. The number of fused-ring (bicyclic) bond motifs is 1. The molecular formula is C19H22N4O. The summed E-state index contributed by atoms with van der Waals surface area (Å²) in [6.07, 6.45) is 0. The Bertz CT molecular complexity index is 797. The van der Waals surface area contributed by atoms with Crippen molar-refractivity contribution >= 4 is 17.6 Å². The van der Waals surface area contributed by atoms with E-state index in [2.05, 4.69) is 52.1 Å². The predicted molar refractivity (Wildman–Crippen MR) is 97.6 cm³/mol. The van der Waals surface area contributed by atoms with Gasteiger partial charge < -0.3 is 4.74 Å². The summed E-state index contributed by atoms with van der Waals surface area (Å²) in [5, 5.41) is 8.59. The molecule has 0 radical (unpaired) electrons. The number of aliphatic imine (C=N–C) groups is 1. The summed E-state index contributed by atoms with van der Waals surface area (Å²) < 4.78 is 5.92. The van der Waals surface area contributed by atoms with Crippen LogP contribution in [0, 0.1) is 0 Å². The monoisotopic (exact) mass is 322 g/mol. The van der Waals surface area contributed by atoms with Crippen molar-refractivity contribution in [3.63, 3.8) is 0 Å². The van der Waals surface area contributed by atoms with Gasteiger partial charge in [0.25, 0.3) is 0 Å². The van der Waals surface area contributed by atoms with Crippen molar-refractivity contribution in [2.24, 2.45) is 4.99 Å². The van der Waals surface area contributed by atoms with Crippen LogP contribution in [0.1, 0.15) is 11.3 Å². The zero-order valence-electron chi connectivity index (χ0n) is 13.9. The van der Waals surface area contributed by atoms with Crippen molar-refractivity contribution in [1.29, 1.82) is 0 Å². The average Bonchev–Trinajstić information content (AvgIpc) is 3.01. The summed E-state index contributed by atoms with van der Waals surface area (Å²) in [4.78, 5) is 6.09. The minimum Gasteiger partial charge on any atom is -0.489 e. The zero-order valence-corrected chi connectivity index (χ0v) is 13.9. The standard InChI is InChI=1S/C19H22N4O/c1-20-10-11-23(2)13-19-17-12-16(8-9-18(17)21-22-19)24-14-15-6-4-3-5-7-15/h3-9,12H,1,10-11,13-14H2,2H3,(H,21,22). The first-order chi connectivity index (χ1) is 11.8. The lowest BCUT2D eigenvalue weighted by Gasteiger charge is -2.14. The van der Waals surface area contributed by atoms with E-state index in [1.807, 2.05) is 30.3 Å². The fraction of sp³-hybridized carbons (Fsp3) is 0.263. The first kappa shape index (κ1) is 16.2. The van der Waals surface area contributed by atoms with Gasteiger partial charge in [-0.25, -0.2) is 0 Å². The Morgan fingerprint density at radius 3 is 2.83 bits per heavy atom. The second-order valence-corrected chi connectivity index (χ2v) is 5.84. The molecule has 5 nitrogen and oxygen atoms in total. The molecule has 3 rings (SSSR count). The van der Waals surface area contributed by atoms with Crippen molar-refractivity contribution in [3.8, 4) is 5.75 Å². The summed E-state index contributed by atoms with van der Waals surface area (Å²) in [6.45, 7) is 6.47. The number of hydrogen-bond donors (Lipinski definition) is 1. The molecule has 5 heteroatoms. The largest absolute Gasteiger partial charge is 0.489 e. The lowest BCUT2D eigenvalue weighted by atomic mass is 10.2. The van der Waals surface area contributed by atoms with E-state index in [0.29, 0.717) is 6.61 Å². The number of H-pyrrole nitrogens is 1. The molecule has 0 aliphatic heterocycles. The van der Waals surface area contributed by atoms with Crippen molar-refractivity contribution in [3.05, 3.63) is 59.8 Å². The molecule has 1 heterocycles. The number of aromatic nitrogens is 2. The summed E-state index contributed by atoms with van der Waals surface area (Å²) in [5.74, 6) is 0.851. The number of nitrogens with one attached hydrogen (secondary N) is 1. The molecule has 0 spiro atoms. The zero-order chi connectivity index (χ0) is 16.8. The lowest BCUT2D eigenvalue weighted by Crippen LogP contribution is -2.21. The molecule has 0 fully saturated rings. The minimum atomic E-state index is 0.560. The van der Waals surface area contributed by atoms with Crippen LogP contribution < -0.4 is 4.74 Å². The van der Waals surface area contributed by atoms with Gasteiger partial charge in [-0.15, -0.1) is 0 Å². The number of rotatable bonds is 8. The number of ether oxygens (including phenoxy) is 1. The van der Waals surface area contributed by atoms with Gasteiger partial charge in [0.15, 0.2) is 0 Å². The molecule has 0 amide bonds. The highest BCUT2D eigenvalue weighted by molar-refractivity contribution is 5.82. The second kappa shape index (κ2) is 7.75. The highest BCUT2D eigenvalue weighted by Gasteiger charge is 2.09.